The lowest BCUT2D eigenvalue weighted by Gasteiger charge is -2.35. The van der Waals surface area contributed by atoms with Crippen LogP contribution in [0.2, 0.25) is 0 Å². The van der Waals surface area contributed by atoms with E-state index >= 15 is 0 Å². The minimum atomic E-state index is -0.372. The van der Waals surface area contributed by atoms with E-state index in [9.17, 15) is 5.11 Å². The number of rotatable bonds is 6. The van der Waals surface area contributed by atoms with Gasteiger partial charge in [-0.1, -0.05) is 18.2 Å². The fourth-order valence-electron chi connectivity index (χ4n) is 3.74. The standard InChI is InChI=1S/C19H29N3O2/c1-15-16(2)22(19-6-4-3-5-18(15)19)14-17(24)13-21-9-7-20(8-10-21)11-12-23/h3-6,17,23-24H,7-14H2,1-2H3/t17-/m1/s1. The number of benzene rings is 1. The van der Waals surface area contributed by atoms with E-state index in [0.29, 0.717) is 13.1 Å². The van der Waals surface area contributed by atoms with Crippen LogP contribution in [-0.4, -0.2) is 76.6 Å². The number of hydrogen-bond donors (Lipinski definition) is 2. The molecule has 1 aromatic heterocycles. The average Bonchev–Trinajstić information content (AvgIpc) is 2.82. The molecule has 1 aliphatic rings. The van der Waals surface area contributed by atoms with Crippen LogP contribution in [0, 0.1) is 13.8 Å². The van der Waals surface area contributed by atoms with Gasteiger partial charge in [-0.2, -0.15) is 0 Å². The Balaban J connectivity index is 1.62. The van der Waals surface area contributed by atoms with Gasteiger partial charge in [-0.3, -0.25) is 9.80 Å². The van der Waals surface area contributed by atoms with E-state index in [1.807, 2.05) is 0 Å². The fourth-order valence-corrected chi connectivity index (χ4v) is 3.74. The number of para-hydroxylation sites is 1. The van der Waals surface area contributed by atoms with Crippen molar-refractivity contribution in [2.75, 3.05) is 45.9 Å². The summed E-state index contributed by atoms with van der Waals surface area (Å²) in [6.07, 6.45) is -0.372. The lowest BCUT2D eigenvalue weighted by Crippen LogP contribution is -2.49. The summed E-state index contributed by atoms with van der Waals surface area (Å²) in [5.74, 6) is 0. The van der Waals surface area contributed by atoms with Crippen molar-refractivity contribution in [2.24, 2.45) is 0 Å². The number of aliphatic hydroxyl groups is 2. The number of aromatic nitrogens is 1. The number of β-amino-alcohol motifs (C(OH)–C–C–N with tert-alkyl or cyclic N) is 2. The topological polar surface area (TPSA) is 51.9 Å². The Morgan fingerprint density at radius 2 is 1.67 bits per heavy atom. The number of nitrogens with zero attached hydrogens (tertiary/aromatic N) is 3. The molecular formula is C19H29N3O2. The molecule has 24 heavy (non-hydrogen) atoms. The van der Waals surface area contributed by atoms with E-state index in [1.165, 1.54) is 22.2 Å². The van der Waals surface area contributed by atoms with E-state index < -0.39 is 0 Å². The zero-order valence-corrected chi connectivity index (χ0v) is 14.8. The molecule has 0 unspecified atom stereocenters. The van der Waals surface area contributed by atoms with Gasteiger partial charge in [0.15, 0.2) is 0 Å². The largest absolute Gasteiger partial charge is 0.395 e. The van der Waals surface area contributed by atoms with Crippen LogP contribution in [0.5, 0.6) is 0 Å². The van der Waals surface area contributed by atoms with Gasteiger partial charge >= 0.3 is 0 Å². The summed E-state index contributed by atoms with van der Waals surface area (Å²) in [4.78, 5) is 4.60. The second-order valence-corrected chi connectivity index (χ2v) is 6.86. The molecule has 0 amide bonds. The molecule has 5 nitrogen and oxygen atoms in total. The molecule has 0 bridgehead atoms. The highest BCUT2D eigenvalue weighted by atomic mass is 16.3. The Morgan fingerprint density at radius 3 is 2.38 bits per heavy atom. The number of piperazine rings is 1. The SMILES string of the molecule is Cc1c(C)n(C[C@H](O)CN2CCN(CCO)CC2)c2ccccc12. The Labute approximate surface area is 144 Å². The average molecular weight is 331 g/mol. The second-order valence-electron chi connectivity index (χ2n) is 6.86. The summed E-state index contributed by atoms with van der Waals surface area (Å²) in [6.45, 7) is 10.5. The quantitative estimate of drug-likeness (QED) is 0.836. The van der Waals surface area contributed by atoms with Gasteiger partial charge < -0.3 is 14.8 Å². The molecular weight excluding hydrogens is 302 g/mol. The molecule has 1 fully saturated rings. The summed E-state index contributed by atoms with van der Waals surface area (Å²) < 4.78 is 2.25. The molecule has 2 aromatic rings. The normalized spacial score (nSPS) is 18.3. The molecule has 5 heteroatoms. The van der Waals surface area contributed by atoms with Crippen LogP contribution in [-0.2, 0) is 6.54 Å². The third-order valence-electron chi connectivity index (χ3n) is 5.29. The number of hydrogen-bond acceptors (Lipinski definition) is 4. The minimum absolute atomic E-state index is 0.224. The molecule has 1 atom stereocenters. The molecule has 1 aliphatic heterocycles. The van der Waals surface area contributed by atoms with Crippen molar-refractivity contribution in [1.29, 1.82) is 0 Å². The van der Waals surface area contributed by atoms with Crippen molar-refractivity contribution in [2.45, 2.75) is 26.5 Å². The molecule has 0 radical (unpaired) electrons. The second kappa shape index (κ2) is 7.66. The first-order valence-electron chi connectivity index (χ1n) is 8.88. The van der Waals surface area contributed by atoms with Gasteiger partial charge in [-0.15, -0.1) is 0 Å². The van der Waals surface area contributed by atoms with Crippen molar-refractivity contribution < 1.29 is 10.2 Å². The summed E-state index contributed by atoms with van der Waals surface area (Å²) >= 11 is 0. The third-order valence-corrected chi connectivity index (χ3v) is 5.29. The van der Waals surface area contributed by atoms with E-state index in [4.69, 9.17) is 5.11 Å². The van der Waals surface area contributed by atoms with Crippen molar-refractivity contribution in [3.63, 3.8) is 0 Å². The molecule has 0 saturated carbocycles. The number of aliphatic hydroxyl groups excluding tert-OH is 2. The van der Waals surface area contributed by atoms with Gasteiger partial charge in [0.2, 0.25) is 0 Å². The molecule has 0 spiro atoms. The van der Waals surface area contributed by atoms with Gasteiger partial charge in [0.1, 0.15) is 0 Å². The molecule has 3 rings (SSSR count). The first kappa shape index (κ1) is 17.4. The van der Waals surface area contributed by atoms with Gasteiger partial charge in [0.05, 0.1) is 19.3 Å². The Bertz CT molecular complexity index is 675. The highest BCUT2D eigenvalue weighted by molar-refractivity contribution is 5.85. The van der Waals surface area contributed by atoms with Crippen molar-refractivity contribution in [1.82, 2.24) is 14.4 Å². The summed E-state index contributed by atoms with van der Waals surface area (Å²) in [7, 11) is 0. The molecule has 132 valence electrons. The smallest absolute Gasteiger partial charge is 0.0845 e. The van der Waals surface area contributed by atoms with E-state index in [-0.39, 0.29) is 12.7 Å². The summed E-state index contributed by atoms with van der Waals surface area (Å²) in [6, 6.07) is 8.42. The molecule has 2 heterocycles. The minimum Gasteiger partial charge on any atom is -0.395 e. The van der Waals surface area contributed by atoms with E-state index in [1.54, 1.807) is 0 Å². The predicted molar refractivity (Wildman–Crippen MR) is 97.4 cm³/mol. The lowest BCUT2D eigenvalue weighted by atomic mass is 10.2. The fraction of sp³-hybridized carbons (Fsp3) is 0.579. The zero-order valence-electron chi connectivity index (χ0n) is 14.8. The number of fused-ring (bicyclic) bond motifs is 1. The maximum Gasteiger partial charge on any atom is 0.0845 e. The van der Waals surface area contributed by atoms with Crippen LogP contribution in [0.4, 0.5) is 0 Å². The van der Waals surface area contributed by atoms with Crippen LogP contribution in [0.3, 0.4) is 0 Å². The van der Waals surface area contributed by atoms with Crippen LogP contribution < -0.4 is 0 Å². The van der Waals surface area contributed by atoms with E-state index in [2.05, 4.69) is 52.5 Å². The Morgan fingerprint density at radius 1 is 1.00 bits per heavy atom. The summed E-state index contributed by atoms with van der Waals surface area (Å²) in [5.41, 5.74) is 3.75. The zero-order chi connectivity index (χ0) is 17.1. The van der Waals surface area contributed by atoms with Crippen LogP contribution >= 0.6 is 0 Å². The van der Waals surface area contributed by atoms with Crippen LogP contribution in [0.15, 0.2) is 24.3 Å². The van der Waals surface area contributed by atoms with Gasteiger partial charge in [0, 0.05) is 55.9 Å². The maximum absolute atomic E-state index is 10.6. The predicted octanol–water partition coefficient (Wildman–Crippen LogP) is 1.23. The van der Waals surface area contributed by atoms with Gasteiger partial charge in [-0.25, -0.2) is 0 Å². The first-order chi connectivity index (χ1) is 11.6. The lowest BCUT2D eigenvalue weighted by molar-refractivity contribution is 0.0594. The van der Waals surface area contributed by atoms with Crippen molar-refractivity contribution >= 4 is 10.9 Å². The third kappa shape index (κ3) is 3.64. The number of aryl methyl sites for hydroxylation is 1. The first-order valence-corrected chi connectivity index (χ1v) is 8.88. The van der Waals surface area contributed by atoms with E-state index in [0.717, 1.165) is 32.7 Å². The molecule has 2 N–H and O–H groups in total. The van der Waals surface area contributed by atoms with Crippen LogP contribution in [0.1, 0.15) is 11.3 Å². The van der Waals surface area contributed by atoms with Crippen molar-refractivity contribution in [3.8, 4) is 0 Å². The molecule has 0 aliphatic carbocycles. The van der Waals surface area contributed by atoms with Crippen molar-refractivity contribution in [3.05, 3.63) is 35.5 Å². The molecule has 1 aromatic carbocycles. The monoisotopic (exact) mass is 331 g/mol. The Hall–Kier alpha value is -1.40. The van der Waals surface area contributed by atoms with Gasteiger partial charge in [0.25, 0.3) is 0 Å². The Kier molecular flexibility index (Phi) is 5.56. The molecule has 1 saturated heterocycles. The highest BCUT2D eigenvalue weighted by Gasteiger charge is 2.20. The highest BCUT2D eigenvalue weighted by Crippen LogP contribution is 2.25. The maximum atomic E-state index is 10.6. The van der Waals surface area contributed by atoms with Gasteiger partial charge in [-0.05, 0) is 25.5 Å². The van der Waals surface area contributed by atoms with Crippen LogP contribution in [0.25, 0.3) is 10.9 Å². The summed E-state index contributed by atoms with van der Waals surface area (Å²) in [5, 5.41) is 20.9.